The molecule has 0 unspecified atom stereocenters. The number of hydrogen-bond donors (Lipinski definition) is 0. The molecular weight excluding hydrogens is 393 g/mol. The minimum Gasteiger partial charge on any atom is -0.267 e. The fraction of sp³-hybridized carbons (Fsp3) is 0.0667. The Bertz CT molecular complexity index is 812. The number of carbonyl (C=O) groups is 1. The van der Waals surface area contributed by atoms with E-state index in [1.165, 1.54) is 29.5 Å². The summed E-state index contributed by atoms with van der Waals surface area (Å²) in [6.07, 6.45) is -3.49. The first-order valence-electron chi connectivity index (χ1n) is 6.39. The molecule has 1 aliphatic rings. The average Bonchev–Trinajstić information content (AvgIpc) is 3.05. The quantitative estimate of drug-likeness (QED) is 0.662. The highest BCUT2D eigenvalue weighted by Crippen LogP contribution is 2.33. The summed E-state index contributed by atoms with van der Waals surface area (Å²) in [7, 11) is 0. The van der Waals surface area contributed by atoms with Gasteiger partial charge in [0.15, 0.2) is 5.71 Å². The molecule has 0 radical (unpaired) electrons. The number of anilines is 1. The average molecular weight is 401 g/mol. The van der Waals surface area contributed by atoms with E-state index in [9.17, 15) is 18.0 Å². The second-order valence-electron chi connectivity index (χ2n) is 4.60. The monoisotopic (exact) mass is 400 g/mol. The second-order valence-corrected chi connectivity index (χ2v) is 7.09. The minimum atomic E-state index is -4.71. The molecule has 0 saturated heterocycles. The topological polar surface area (TPSA) is 32.7 Å². The molecular formula is C15H8BrF3N2OS. The van der Waals surface area contributed by atoms with Gasteiger partial charge in [0.25, 0.3) is 5.91 Å². The largest absolute Gasteiger partial charge is 0.435 e. The van der Waals surface area contributed by atoms with E-state index in [1.807, 2.05) is 0 Å². The van der Waals surface area contributed by atoms with Gasteiger partial charge in [-0.1, -0.05) is 18.2 Å². The highest BCUT2D eigenvalue weighted by molar-refractivity contribution is 9.11. The third-order valence-corrected chi connectivity index (χ3v) is 4.60. The Kier molecular flexibility index (Phi) is 4.11. The van der Waals surface area contributed by atoms with E-state index in [0.717, 1.165) is 8.80 Å². The lowest BCUT2D eigenvalue weighted by Crippen LogP contribution is -2.25. The smallest absolute Gasteiger partial charge is 0.267 e. The number of hydrogen-bond acceptors (Lipinski definition) is 3. The lowest BCUT2D eigenvalue weighted by atomic mass is 10.1. The molecule has 23 heavy (non-hydrogen) atoms. The highest BCUT2D eigenvalue weighted by Gasteiger charge is 2.46. The Balaban J connectivity index is 2.07. The zero-order valence-electron chi connectivity index (χ0n) is 11.3. The van der Waals surface area contributed by atoms with E-state index < -0.39 is 23.4 Å². The van der Waals surface area contributed by atoms with Crippen LogP contribution in [0, 0.1) is 0 Å². The molecule has 0 aliphatic carbocycles. The summed E-state index contributed by atoms with van der Waals surface area (Å²) < 4.78 is 40.4. The molecule has 0 saturated carbocycles. The maximum Gasteiger partial charge on any atom is 0.435 e. The zero-order chi connectivity index (χ0) is 16.6. The van der Waals surface area contributed by atoms with Crippen LogP contribution in [0.5, 0.6) is 0 Å². The number of benzene rings is 1. The molecule has 0 atom stereocenters. The summed E-state index contributed by atoms with van der Waals surface area (Å²) in [5, 5.41) is 4.27. The Morgan fingerprint density at radius 3 is 2.39 bits per heavy atom. The molecule has 1 aromatic carbocycles. The fourth-order valence-electron chi connectivity index (χ4n) is 2.05. The number of para-hydroxylation sites is 1. The Hall–Kier alpha value is -1.93. The molecule has 1 amide bonds. The molecule has 0 fully saturated rings. The Morgan fingerprint density at radius 2 is 1.83 bits per heavy atom. The molecule has 118 valence electrons. The van der Waals surface area contributed by atoms with Gasteiger partial charge >= 0.3 is 6.18 Å². The second kappa shape index (κ2) is 5.93. The van der Waals surface area contributed by atoms with E-state index in [4.69, 9.17) is 0 Å². The molecule has 8 heteroatoms. The number of halogens is 4. The van der Waals surface area contributed by atoms with Gasteiger partial charge < -0.3 is 0 Å². The van der Waals surface area contributed by atoms with Crippen LogP contribution in [0.1, 0.15) is 4.88 Å². The van der Waals surface area contributed by atoms with Gasteiger partial charge in [0.1, 0.15) is 0 Å². The summed E-state index contributed by atoms with van der Waals surface area (Å²) in [4.78, 5) is 12.9. The molecule has 2 heterocycles. The number of carbonyl (C=O) groups excluding carboxylic acids is 1. The van der Waals surface area contributed by atoms with Gasteiger partial charge in [-0.3, -0.25) is 4.79 Å². The summed E-state index contributed by atoms with van der Waals surface area (Å²) in [5.74, 6) is -0.798. The summed E-state index contributed by atoms with van der Waals surface area (Å²) >= 11 is 4.47. The lowest BCUT2D eigenvalue weighted by Gasteiger charge is -2.10. The van der Waals surface area contributed by atoms with Gasteiger partial charge in [-0.25, -0.2) is 0 Å². The third kappa shape index (κ3) is 3.23. The number of nitrogens with zero attached hydrogens (tertiary/aromatic N) is 2. The van der Waals surface area contributed by atoms with Crippen LogP contribution >= 0.6 is 27.3 Å². The minimum absolute atomic E-state index is 0.287. The van der Waals surface area contributed by atoms with Gasteiger partial charge in [0.2, 0.25) is 0 Å². The molecule has 0 bridgehead atoms. The molecule has 3 nitrogen and oxygen atoms in total. The maximum atomic E-state index is 13.2. The van der Waals surface area contributed by atoms with E-state index in [-0.39, 0.29) is 5.69 Å². The Labute approximate surface area is 141 Å². The van der Waals surface area contributed by atoms with Crippen molar-refractivity contribution in [2.24, 2.45) is 5.10 Å². The van der Waals surface area contributed by atoms with Crippen molar-refractivity contribution in [1.82, 2.24) is 0 Å². The van der Waals surface area contributed by atoms with Crippen LogP contribution in [0.15, 0.2) is 56.9 Å². The van der Waals surface area contributed by atoms with Crippen LogP contribution in [0.2, 0.25) is 0 Å². The van der Waals surface area contributed by atoms with Crippen molar-refractivity contribution in [2.75, 3.05) is 5.01 Å². The van der Waals surface area contributed by atoms with Gasteiger partial charge in [-0.2, -0.15) is 23.3 Å². The molecule has 3 rings (SSSR count). The van der Waals surface area contributed by atoms with Crippen LogP contribution in [0.4, 0.5) is 18.9 Å². The number of amides is 1. The summed E-state index contributed by atoms with van der Waals surface area (Å²) in [6, 6.07) is 11.4. The first-order chi connectivity index (χ1) is 10.9. The third-order valence-electron chi connectivity index (χ3n) is 3.03. The van der Waals surface area contributed by atoms with Crippen LogP contribution in [-0.4, -0.2) is 17.8 Å². The van der Waals surface area contributed by atoms with Crippen molar-refractivity contribution in [2.45, 2.75) is 6.18 Å². The molecule has 1 aromatic heterocycles. The molecule has 1 aliphatic heterocycles. The van der Waals surface area contributed by atoms with Gasteiger partial charge in [0.05, 0.1) is 15.0 Å². The Morgan fingerprint density at radius 1 is 1.13 bits per heavy atom. The first-order valence-corrected chi connectivity index (χ1v) is 8.00. The van der Waals surface area contributed by atoms with Crippen LogP contribution in [-0.2, 0) is 4.79 Å². The number of rotatable bonds is 2. The lowest BCUT2D eigenvalue weighted by molar-refractivity contribution is -0.114. The molecule has 2 aromatic rings. The van der Waals surface area contributed by atoms with Crippen molar-refractivity contribution in [1.29, 1.82) is 0 Å². The van der Waals surface area contributed by atoms with Gasteiger partial charge in [-0.15, -0.1) is 11.3 Å². The standard InChI is InChI=1S/C15H8BrF3N2OS/c16-12-7-6-10(23-12)8-11-13(15(17,18)19)20-21(14(11)22)9-4-2-1-3-5-9/h1-8H/b11-8-. The van der Waals surface area contributed by atoms with Crippen LogP contribution in [0.25, 0.3) is 6.08 Å². The predicted molar refractivity (Wildman–Crippen MR) is 87.4 cm³/mol. The van der Waals surface area contributed by atoms with E-state index in [0.29, 0.717) is 4.88 Å². The van der Waals surface area contributed by atoms with Gasteiger partial charge in [0, 0.05) is 4.88 Å². The fourth-order valence-corrected chi connectivity index (χ4v) is 3.41. The molecule has 0 spiro atoms. The number of thiophene rings is 1. The molecule has 0 N–H and O–H groups in total. The van der Waals surface area contributed by atoms with Crippen LogP contribution in [0.3, 0.4) is 0 Å². The highest BCUT2D eigenvalue weighted by atomic mass is 79.9. The van der Waals surface area contributed by atoms with Crippen molar-refractivity contribution in [3.05, 3.63) is 56.7 Å². The number of alkyl halides is 3. The predicted octanol–water partition coefficient (Wildman–Crippen LogP) is 4.86. The van der Waals surface area contributed by atoms with Crippen molar-refractivity contribution < 1.29 is 18.0 Å². The zero-order valence-corrected chi connectivity index (χ0v) is 13.7. The SMILES string of the molecule is O=C1/C(=C\c2ccc(Br)s2)C(C(F)(F)F)=NN1c1ccccc1. The van der Waals surface area contributed by atoms with Crippen molar-refractivity contribution in [3.8, 4) is 0 Å². The normalized spacial score (nSPS) is 17.0. The first kappa shape index (κ1) is 15.9. The van der Waals surface area contributed by atoms with Gasteiger partial charge in [-0.05, 0) is 46.3 Å². The van der Waals surface area contributed by atoms with Crippen molar-refractivity contribution in [3.63, 3.8) is 0 Å². The summed E-state index contributed by atoms with van der Waals surface area (Å²) in [6.45, 7) is 0. The van der Waals surface area contributed by atoms with E-state index in [1.54, 1.807) is 30.3 Å². The van der Waals surface area contributed by atoms with Crippen LogP contribution < -0.4 is 5.01 Å². The number of hydrazone groups is 1. The summed E-state index contributed by atoms with van der Waals surface area (Å²) in [5.41, 5.74) is -1.36. The van der Waals surface area contributed by atoms with Crippen molar-refractivity contribution >= 4 is 50.6 Å². The van der Waals surface area contributed by atoms with E-state index >= 15 is 0 Å². The maximum absolute atomic E-state index is 13.2. The van der Waals surface area contributed by atoms with E-state index in [2.05, 4.69) is 21.0 Å².